The summed E-state index contributed by atoms with van der Waals surface area (Å²) in [6.07, 6.45) is 1.05. The van der Waals surface area contributed by atoms with Gasteiger partial charge < -0.3 is 25.8 Å². The molecule has 3 amide bonds. The standard InChI is InChI=1S/C56H54N4O5/c61-38-41-32-34-45(35-33-41)58-53(62)51(31-17-18-36-57-56(42-21-7-2-8-22-42,43-23-9-3-10-24-43)44-25-11-4-12-26-44)59-54(63)52(37-40-19-5-1-6-20-40)60-55(64)65-39-50-48-29-15-13-27-46(48)47-28-14-16-30-49(47)50/h1-16,19-30,32-35,50-52,57,61H,17-18,31,36-39H2,(H,58,62)(H,59,63)(H,60,64)/t51-,52-/m0/s1. The summed E-state index contributed by atoms with van der Waals surface area (Å²) in [4.78, 5) is 42.2. The molecule has 0 spiro atoms. The Morgan fingerprint density at radius 3 is 1.58 bits per heavy atom. The van der Waals surface area contributed by atoms with Crippen molar-refractivity contribution in [1.29, 1.82) is 0 Å². The third-order valence-electron chi connectivity index (χ3n) is 12.2. The van der Waals surface area contributed by atoms with Gasteiger partial charge in [-0.3, -0.25) is 14.9 Å². The molecule has 0 heterocycles. The van der Waals surface area contributed by atoms with E-state index >= 15 is 0 Å². The van der Waals surface area contributed by atoms with Gasteiger partial charge in [0.1, 0.15) is 18.7 Å². The van der Waals surface area contributed by atoms with Crippen LogP contribution < -0.4 is 21.3 Å². The van der Waals surface area contributed by atoms with Crippen LogP contribution in [-0.4, -0.2) is 48.2 Å². The zero-order chi connectivity index (χ0) is 44.9. The van der Waals surface area contributed by atoms with Crippen LogP contribution in [0.15, 0.2) is 194 Å². The van der Waals surface area contributed by atoms with Gasteiger partial charge in [-0.2, -0.15) is 0 Å². The molecule has 0 bridgehead atoms. The maximum Gasteiger partial charge on any atom is 0.407 e. The minimum absolute atomic E-state index is 0.0910. The molecule has 0 fully saturated rings. The molecule has 0 aromatic heterocycles. The van der Waals surface area contributed by atoms with Gasteiger partial charge in [-0.05, 0) is 88.0 Å². The highest BCUT2D eigenvalue weighted by Crippen LogP contribution is 2.44. The number of amides is 3. The zero-order valence-corrected chi connectivity index (χ0v) is 36.2. The van der Waals surface area contributed by atoms with Gasteiger partial charge in [-0.1, -0.05) is 182 Å². The molecule has 0 aliphatic heterocycles. The lowest BCUT2D eigenvalue weighted by molar-refractivity contribution is -0.128. The highest BCUT2D eigenvalue weighted by Gasteiger charge is 2.36. The molecule has 7 aromatic carbocycles. The van der Waals surface area contributed by atoms with Crippen LogP contribution in [0.1, 0.15) is 64.1 Å². The Hall–Kier alpha value is -7.33. The van der Waals surface area contributed by atoms with Crippen LogP contribution in [-0.2, 0) is 32.9 Å². The molecule has 0 unspecified atom stereocenters. The summed E-state index contributed by atoms with van der Waals surface area (Å²) in [5.74, 6) is -1.05. The van der Waals surface area contributed by atoms with Crippen molar-refractivity contribution in [3.05, 3.63) is 233 Å². The number of nitrogens with one attached hydrogen (secondary N) is 4. The molecular formula is C56H54N4O5. The lowest BCUT2D eigenvalue weighted by Crippen LogP contribution is -2.53. The smallest absolute Gasteiger partial charge is 0.407 e. The van der Waals surface area contributed by atoms with E-state index in [1.807, 2.05) is 109 Å². The number of alkyl carbamates (subject to hydrolysis) is 1. The van der Waals surface area contributed by atoms with E-state index in [0.29, 0.717) is 37.1 Å². The van der Waals surface area contributed by atoms with Crippen molar-refractivity contribution in [2.45, 2.75) is 55.8 Å². The van der Waals surface area contributed by atoms with Crippen molar-refractivity contribution in [2.24, 2.45) is 0 Å². The highest BCUT2D eigenvalue weighted by molar-refractivity contribution is 5.98. The monoisotopic (exact) mass is 862 g/mol. The molecule has 1 aliphatic rings. The second kappa shape index (κ2) is 21.4. The predicted octanol–water partition coefficient (Wildman–Crippen LogP) is 9.50. The summed E-state index contributed by atoms with van der Waals surface area (Å²) in [6, 6.07) is 61.8. The molecule has 5 N–H and O–H groups in total. The van der Waals surface area contributed by atoms with Gasteiger partial charge in [-0.15, -0.1) is 0 Å². The van der Waals surface area contributed by atoms with Crippen molar-refractivity contribution in [3.63, 3.8) is 0 Å². The molecular weight excluding hydrogens is 809 g/mol. The van der Waals surface area contributed by atoms with Crippen LogP contribution in [0.5, 0.6) is 0 Å². The van der Waals surface area contributed by atoms with E-state index in [4.69, 9.17) is 4.74 Å². The quantitative estimate of drug-likeness (QED) is 0.0407. The molecule has 0 radical (unpaired) electrons. The second-order valence-electron chi connectivity index (χ2n) is 16.4. The summed E-state index contributed by atoms with van der Waals surface area (Å²) in [5.41, 5.74) is 9.13. The molecule has 2 atom stereocenters. The van der Waals surface area contributed by atoms with Gasteiger partial charge in [0.05, 0.1) is 12.1 Å². The molecule has 1 aliphatic carbocycles. The van der Waals surface area contributed by atoms with E-state index in [1.165, 1.54) is 0 Å². The number of anilines is 1. The molecule has 7 aromatic rings. The van der Waals surface area contributed by atoms with Gasteiger partial charge in [0.2, 0.25) is 11.8 Å². The lowest BCUT2D eigenvalue weighted by atomic mass is 9.77. The summed E-state index contributed by atoms with van der Waals surface area (Å²) < 4.78 is 5.89. The maximum atomic E-state index is 14.4. The highest BCUT2D eigenvalue weighted by atomic mass is 16.5. The summed E-state index contributed by atoms with van der Waals surface area (Å²) in [7, 11) is 0. The number of hydrogen-bond acceptors (Lipinski definition) is 6. The summed E-state index contributed by atoms with van der Waals surface area (Å²) in [5, 5.41) is 22.3. The average Bonchev–Trinajstić information content (AvgIpc) is 3.68. The van der Waals surface area contributed by atoms with Crippen LogP contribution >= 0.6 is 0 Å². The van der Waals surface area contributed by atoms with Crippen molar-refractivity contribution >= 4 is 23.6 Å². The Morgan fingerprint density at radius 2 is 1.05 bits per heavy atom. The first-order valence-electron chi connectivity index (χ1n) is 22.3. The molecule has 328 valence electrons. The van der Waals surface area contributed by atoms with Gasteiger partial charge in [0.25, 0.3) is 0 Å². The largest absolute Gasteiger partial charge is 0.449 e. The third-order valence-corrected chi connectivity index (χ3v) is 12.2. The van der Waals surface area contributed by atoms with E-state index in [9.17, 15) is 19.5 Å². The number of aliphatic hydroxyl groups excluding tert-OH is 1. The fourth-order valence-electron chi connectivity index (χ4n) is 8.93. The lowest BCUT2D eigenvalue weighted by Gasteiger charge is -2.37. The minimum Gasteiger partial charge on any atom is -0.449 e. The summed E-state index contributed by atoms with van der Waals surface area (Å²) in [6.45, 7) is 0.567. The van der Waals surface area contributed by atoms with Crippen molar-refractivity contribution in [1.82, 2.24) is 16.0 Å². The summed E-state index contributed by atoms with van der Waals surface area (Å²) >= 11 is 0. The number of aliphatic hydroxyl groups is 1. The van der Waals surface area contributed by atoms with Crippen LogP contribution in [0.2, 0.25) is 0 Å². The third kappa shape index (κ3) is 10.6. The van der Waals surface area contributed by atoms with Gasteiger partial charge in [0, 0.05) is 18.0 Å². The fourth-order valence-corrected chi connectivity index (χ4v) is 8.93. The van der Waals surface area contributed by atoms with Crippen LogP contribution in [0.25, 0.3) is 11.1 Å². The van der Waals surface area contributed by atoms with Gasteiger partial charge in [0.15, 0.2) is 0 Å². The Morgan fingerprint density at radius 1 is 0.538 bits per heavy atom. The number of carbonyl (C=O) groups is 3. The van der Waals surface area contributed by atoms with Crippen molar-refractivity contribution in [2.75, 3.05) is 18.5 Å². The number of unbranched alkanes of at least 4 members (excludes halogenated alkanes) is 1. The first kappa shape index (κ1) is 44.3. The fraction of sp³-hybridized carbons (Fsp3) is 0.196. The average molecular weight is 863 g/mol. The van der Waals surface area contributed by atoms with E-state index in [-0.39, 0.29) is 25.6 Å². The van der Waals surface area contributed by atoms with Gasteiger partial charge in [-0.25, -0.2) is 4.79 Å². The Bertz CT molecular complexity index is 2500. The Kier molecular flexibility index (Phi) is 14.6. The van der Waals surface area contributed by atoms with Crippen LogP contribution in [0.4, 0.5) is 10.5 Å². The SMILES string of the molecule is O=C(N[C@@H](Cc1ccccc1)C(=O)N[C@@H](CCCCNC(c1ccccc1)(c1ccccc1)c1ccccc1)C(=O)Nc1ccc(CO)cc1)OCC1c2ccccc2-c2ccccc21. The Labute approximate surface area is 380 Å². The number of fused-ring (bicyclic) bond motifs is 3. The first-order valence-corrected chi connectivity index (χ1v) is 22.3. The number of benzene rings is 7. The number of rotatable bonds is 19. The second-order valence-corrected chi connectivity index (χ2v) is 16.4. The molecule has 65 heavy (non-hydrogen) atoms. The Balaban J connectivity index is 0.987. The number of ether oxygens (including phenoxy) is 1. The zero-order valence-electron chi connectivity index (χ0n) is 36.2. The topological polar surface area (TPSA) is 129 Å². The first-order chi connectivity index (χ1) is 31.9. The van der Waals surface area contributed by atoms with Crippen LogP contribution in [0.3, 0.4) is 0 Å². The van der Waals surface area contributed by atoms with E-state index in [1.54, 1.807) is 24.3 Å². The molecule has 0 saturated carbocycles. The predicted molar refractivity (Wildman–Crippen MR) is 256 cm³/mol. The van der Waals surface area contributed by atoms with Crippen LogP contribution in [0, 0.1) is 0 Å². The molecule has 9 nitrogen and oxygen atoms in total. The van der Waals surface area contributed by atoms with E-state index in [0.717, 1.165) is 44.5 Å². The molecule has 0 saturated heterocycles. The number of carbonyl (C=O) groups excluding carboxylic acids is 3. The normalized spacial score (nSPS) is 12.9. The van der Waals surface area contributed by atoms with Crippen molar-refractivity contribution < 1.29 is 24.2 Å². The minimum atomic E-state index is -1.04. The maximum absolute atomic E-state index is 14.4. The number of hydrogen-bond donors (Lipinski definition) is 5. The molecule has 9 heteroatoms. The van der Waals surface area contributed by atoms with Gasteiger partial charge >= 0.3 is 6.09 Å². The van der Waals surface area contributed by atoms with E-state index < -0.39 is 35.5 Å². The van der Waals surface area contributed by atoms with E-state index in [2.05, 4.69) is 81.9 Å². The molecule has 8 rings (SSSR count). The van der Waals surface area contributed by atoms with Crippen molar-refractivity contribution in [3.8, 4) is 11.1 Å².